The summed E-state index contributed by atoms with van der Waals surface area (Å²) in [5.41, 5.74) is 5.04. The van der Waals surface area contributed by atoms with Gasteiger partial charge in [0.25, 0.3) is 0 Å². The second-order valence-corrected chi connectivity index (χ2v) is 4.43. The zero-order chi connectivity index (χ0) is 9.15. The second kappa shape index (κ2) is 3.95. The van der Waals surface area contributed by atoms with Gasteiger partial charge in [-0.1, -0.05) is 6.42 Å². The molecule has 0 unspecified atom stereocenters. The molecule has 1 radical (unpaired) electrons. The number of rotatable bonds is 4. The van der Waals surface area contributed by atoms with E-state index in [1.807, 2.05) is 0 Å². The third-order valence-electron chi connectivity index (χ3n) is 3.52. The zero-order valence-electron chi connectivity index (χ0n) is 8.21. The van der Waals surface area contributed by atoms with Crippen LogP contribution in [0.3, 0.4) is 0 Å². The largest absolute Gasteiger partial charge is 0.396 e. The molecule has 3 heterocycles. The summed E-state index contributed by atoms with van der Waals surface area (Å²) >= 11 is 0. The van der Waals surface area contributed by atoms with Crippen molar-refractivity contribution in [2.24, 2.45) is 5.41 Å². The molecule has 2 bridgehead atoms. The number of unbranched alkanes of at least 4 members (excludes halogenated alkanes) is 1. The van der Waals surface area contributed by atoms with Gasteiger partial charge in [-0.25, -0.2) is 5.01 Å². The normalized spacial score (nSPS) is 38.1. The number of aliphatic hydroxyl groups is 1. The van der Waals surface area contributed by atoms with Crippen molar-refractivity contribution in [2.75, 3.05) is 26.2 Å². The van der Waals surface area contributed by atoms with Gasteiger partial charge in [0, 0.05) is 26.2 Å². The monoisotopic (exact) mass is 183 g/mol. The van der Waals surface area contributed by atoms with E-state index in [1.165, 1.54) is 38.8 Å². The highest BCUT2D eigenvalue weighted by Gasteiger charge is 2.39. The van der Waals surface area contributed by atoms with Gasteiger partial charge in [0.1, 0.15) is 0 Å². The molecule has 0 aromatic heterocycles. The number of piperidine rings is 1. The summed E-state index contributed by atoms with van der Waals surface area (Å²) in [7, 11) is 0. The highest BCUT2D eigenvalue weighted by molar-refractivity contribution is 4.90. The number of hydrogen-bond acceptors (Lipinski definition) is 2. The van der Waals surface area contributed by atoms with Crippen LogP contribution in [0.2, 0.25) is 0 Å². The molecule has 3 rings (SSSR count). The van der Waals surface area contributed by atoms with Crippen LogP contribution in [-0.4, -0.2) is 36.4 Å². The first-order valence-electron chi connectivity index (χ1n) is 5.38. The standard InChI is InChI=1S/C10H19N2O/c13-8-2-1-3-10-4-6-12(7-5-10)11-9-10/h13H,1-9H2. The summed E-state index contributed by atoms with van der Waals surface area (Å²) in [6, 6.07) is 0. The van der Waals surface area contributed by atoms with E-state index in [4.69, 9.17) is 5.11 Å². The Morgan fingerprint density at radius 3 is 2.54 bits per heavy atom. The predicted molar refractivity (Wildman–Crippen MR) is 51.2 cm³/mol. The average Bonchev–Trinajstić information content (AvgIpc) is 2.21. The Morgan fingerprint density at radius 2 is 2.00 bits per heavy atom. The maximum atomic E-state index is 8.73. The Morgan fingerprint density at radius 1 is 1.23 bits per heavy atom. The van der Waals surface area contributed by atoms with Gasteiger partial charge in [-0.3, -0.25) is 0 Å². The molecular weight excluding hydrogens is 164 g/mol. The van der Waals surface area contributed by atoms with Crippen molar-refractivity contribution in [1.29, 1.82) is 0 Å². The first kappa shape index (κ1) is 9.44. The van der Waals surface area contributed by atoms with E-state index in [-0.39, 0.29) is 0 Å². The topological polar surface area (TPSA) is 37.6 Å². The van der Waals surface area contributed by atoms with Gasteiger partial charge in [-0.2, -0.15) is 5.43 Å². The Labute approximate surface area is 80.1 Å². The maximum Gasteiger partial charge on any atom is 0.0431 e. The van der Waals surface area contributed by atoms with Crippen molar-refractivity contribution < 1.29 is 5.11 Å². The molecule has 3 nitrogen and oxygen atoms in total. The average molecular weight is 183 g/mol. The fraction of sp³-hybridized carbons (Fsp3) is 1.00. The van der Waals surface area contributed by atoms with Crippen molar-refractivity contribution >= 4 is 0 Å². The number of fused-ring (bicyclic) bond motifs is 3. The van der Waals surface area contributed by atoms with Gasteiger partial charge in [-0.15, -0.1) is 0 Å². The first-order chi connectivity index (χ1) is 6.35. The van der Waals surface area contributed by atoms with Crippen molar-refractivity contribution in [1.82, 2.24) is 10.4 Å². The van der Waals surface area contributed by atoms with Crippen molar-refractivity contribution in [2.45, 2.75) is 32.1 Å². The molecule has 0 amide bonds. The fourth-order valence-corrected chi connectivity index (χ4v) is 2.46. The van der Waals surface area contributed by atoms with Crippen molar-refractivity contribution in [3.8, 4) is 0 Å². The summed E-state index contributed by atoms with van der Waals surface area (Å²) in [4.78, 5) is 0. The Kier molecular flexibility index (Phi) is 2.86. The minimum Gasteiger partial charge on any atom is -0.396 e. The maximum absolute atomic E-state index is 8.73. The van der Waals surface area contributed by atoms with E-state index in [9.17, 15) is 0 Å². The van der Waals surface area contributed by atoms with E-state index in [2.05, 4.69) is 10.4 Å². The molecule has 0 aliphatic carbocycles. The minimum atomic E-state index is 0.347. The van der Waals surface area contributed by atoms with Gasteiger partial charge in [0.05, 0.1) is 0 Å². The quantitative estimate of drug-likeness (QED) is 0.653. The molecule has 3 heteroatoms. The van der Waals surface area contributed by atoms with Crippen molar-refractivity contribution in [3.05, 3.63) is 0 Å². The Hall–Kier alpha value is -0.120. The highest BCUT2D eigenvalue weighted by Crippen LogP contribution is 2.39. The van der Waals surface area contributed by atoms with E-state index in [0.717, 1.165) is 13.0 Å². The van der Waals surface area contributed by atoms with Crippen LogP contribution in [0.4, 0.5) is 0 Å². The molecule has 3 aliphatic heterocycles. The molecule has 0 aromatic rings. The Bertz CT molecular complexity index is 151. The third-order valence-corrected chi connectivity index (χ3v) is 3.52. The minimum absolute atomic E-state index is 0.347. The van der Waals surface area contributed by atoms with Crippen LogP contribution in [-0.2, 0) is 0 Å². The van der Waals surface area contributed by atoms with Gasteiger partial charge in [0.2, 0.25) is 0 Å². The van der Waals surface area contributed by atoms with Crippen LogP contribution in [0.5, 0.6) is 0 Å². The Balaban J connectivity index is 1.81. The number of aliphatic hydroxyl groups excluding tert-OH is 1. The van der Waals surface area contributed by atoms with Gasteiger partial charge < -0.3 is 5.11 Å². The van der Waals surface area contributed by atoms with Gasteiger partial charge in [-0.05, 0) is 31.1 Å². The molecule has 13 heavy (non-hydrogen) atoms. The second-order valence-electron chi connectivity index (χ2n) is 4.43. The molecular formula is C10H19N2O. The molecule has 0 saturated carbocycles. The summed E-state index contributed by atoms with van der Waals surface area (Å²) in [6.07, 6.45) is 6.05. The zero-order valence-corrected chi connectivity index (χ0v) is 8.21. The lowest BCUT2D eigenvalue weighted by Gasteiger charge is -2.47. The lowest BCUT2D eigenvalue weighted by molar-refractivity contribution is -0.0225. The predicted octanol–water partition coefficient (Wildman–Crippen LogP) is 0.764. The van der Waals surface area contributed by atoms with E-state index in [0.29, 0.717) is 12.0 Å². The van der Waals surface area contributed by atoms with Crippen LogP contribution in [0.25, 0.3) is 0 Å². The van der Waals surface area contributed by atoms with Crippen LogP contribution in [0.1, 0.15) is 32.1 Å². The molecule has 0 aromatic carbocycles. The van der Waals surface area contributed by atoms with Crippen molar-refractivity contribution in [3.63, 3.8) is 0 Å². The molecule has 3 aliphatic rings. The smallest absolute Gasteiger partial charge is 0.0431 e. The fourth-order valence-electron chi connectivity index (χ4n) is 2.46. The summed E-state index contributed by atoms with van der Waals surface area (Å²) in [5.74, 6) is 0. The number of nitrogens with zero attached hydrogens (tertiary/aromatic N) is 2. The number of hydrogen-bond donors (Lipinski definition) is 1. The van der Waals surface area contributed by atoms with E-state index in [1.54, 1.807) is 0 Å². The lowest BCUT2D eigenvalue weighted by Crippen LogP contribution is -2.54. The first-order valence-corrected chi connectivity index (χ1v) is 5.38. The van der Waals surface area contributed by atoms with Crippen LogP contribution >= 0.6 is 0 Å². The highest BCUT2D eigenvalue weighted by atomic mass is 16.2. The van der Waals surface area contributed by atoms with Crippen LogP contribution in [0, 0.1) is 5.41 Å². The molecule has 0 spiro atoms. The summed E-state index contributed by atoms with van der Waals surface area (Å²) in [5, 5.41) is 10.9. The molecule has 75 valence electrons. The lowest BCUT2D eigenvalue weighted by atomic mass is 9.73. The van der Waals surface area contributed by atoms with Crippen LogP contribution in [0.15, 0.2) is 0 Å². The molecule has 0 atom stereocenters. The summed E-state index contributed by atoms with van der Waals surface area (Å²) < 4.78 is 0. The van der Waals surface area contributed by atoms with E-state index < -0.39 is 0 Å². The molecule has 1 N–H and O–H groups in total. The molecule has 3 saturated heterocycles. The van der Waals surface area contributed by atoms with Crippen LogP contribution < -0.4 is 5.43 Å². The SMILES string of the molecule is OCCCCC12CCN(CC1)[N]C2. The van der Waals surface area contributed by atoms with E-state index >= 15 is 0 Å². The third kappa shape index (κ3) is 2.03. The van der Waals surface area contributed by atoms with Gasteiger partial charge >= 0.3 is 0 Å². The summed E-state index contributed by atoms with van der Waals surface area (Å²) in [6.45, 7) is 3.72. The molecule has 3 fully saturated rings. The van der Waals surface area contributed by atoms with Gasteiger partial charge in [0.15, 0.2) is 0 Å².